The molecule has 2 atom stereocenters. The van der Waals surface area contributed by atoms with Crippen LogP contribution in [0, 0.1) is 5.82 Å². The number of nitrogens with zero attached hydrogens (tertiary/aromatic N) is 2. The van der Waals surface area contributed by atoms with Crippen LogP contribution in [0.1, 0.15) is 35.3 Å². The van der Waals surface area contributed by atoms with Crippen LogP contribution in [0.25, 0.3) is 0 Å². The summed E-state index contributed by atoms with van der Waals surface area (Å²) in [5.74, 6) is -0.153. The summed E-state index contributed by atoms with van der Waals surface area (Å²) in [5.41, 5.74) is 2.77. The SMILES string of the molecule is C[C@H]1C[C@@H](N(C(=O)COc2ccccc2)c2ccccc2)c2ccccc2N1C(=O)c1ccc(F)cc1. The van der Waals surface area contributed by atoms with E-state index in [1.807, 2.05) is 91.9 Å². The fraction of sp³-hybridized carbons (Fsp3) is 0.161. The van der Waals surface area contributed by atoms with E-state index >= 15 is 0 Å². The Hall–Kier alpha value is -4.45. The second kappa shape index (κ2) is 10.7. The molecular weight excluding hydrogens is 467 g/mol. The number of carbonyl (C=O) groups excluding carboxylic acids is 2. The molecule has 0 saturated carbocycles. The van der Waals surface area contributed by atoms with Crippen molar-refractivity contribution in [3.05, 3.63) is 126 Å². The van der Waals surface area contributed by atoms with Crippen LogP contribution in [-0.4, -0.2) is 24.5 Å². The van der Waals surface area contributed by atoms with Gasteiger partial charge in [-0.1, -0.05) is 54.6 Å². The molecule has 0 aliphatic carbocycles. The van der Waals surface area contributed by atoms with Crippen LogP contribution in [0.3, 0.4) is 0 Å². The van der Waals surface area contributed by atoms with Gasteiger partial charge in [0.2, 0.25) is 0 Å². The molecule has 2 amide bonds. The maximum absolute atomic E-state index is 13.7. The molecule has 0 radical (unpaired) electrons. The predicted octanol–water partition coefficient (Wildman–Crippen LogP) is 6.42. The van der Waals surface area contributed by atoms with E-state index in [1.165, 1.54) is 24.3 Å². The number of halogens is 1. The Balaban J connectivity index is 1.50. The summed E-state index contributed by atoms with van der Waals surface area (Å²) in [6.07, 6.45) is 0.524. The Morgan fingerprint density at radius 2 is 1.49 bits per heavy atom. The minimum absolute atomic E-state index is 0.121. The number of hydrogen-bond acceptors (Lipinski definition) is 3. The lowest BCUT2D eigenvalue weighted by atomic mass is 9.89. The first kappa shape index (κ1) is 24.3. The molecule has 37 heavy (non-hydrogen) atoms. The van der Waals surface area contributed by atoms with Gasteiger partial charge in [-0.2, -0.15) is 0 Å². The summed E-state index contributed by atoms with van der Waals surface area (Å²) in [5, 5.41) is 0. The first-order valence-corrected chi connectivity index (χ1v) is 12.3. The first-order chi connectivity index (χ1) is 18.0. The van der Waals surface area contributed by atoms with Crippen LogP contribution in [-0.2, 0) is 4.79 Å². The lowest BCUT2D eigenvalue weighted by Gasteiger charge is -2.43. The average Bonchev–Trinajstić information content (AvgIpc) is 2.93. The van der Waals surface area contributed by atoms with Crippen LogP contribution < -0.4 is 14.5 Å². The number of rotatable bonds is 6. The lowest BCUT2D eigenvalue weighted by Crippen LogP contribution is -2.48. The minimum atomic E-state index is -0.390. The van der Waals surface area contributed by atoms with Crippen molar-refractivity contribution in [1.82, 2.24) is 0 Å². The largest absolute Gasteiger partial charge is 0.484 e. The van der Waals surface area contributed by atoms with Gasteiger partial charge in [0.1, 0.15) is 11.6 Å². The molecule has 0 N–H and O–H groups in total. The third kappa shape index (κ3) is 5.09. The number of fused-ring (bicyclic) bond motifs is 1. The van der Waals surface area contributed by atoms with E-state index in [-0.39, 0.29) is 30.5 Å². The number of hydrogen-bond donors (Lipinski definition) is 0. The highest BCUT2D eigenvalue weighted by Gasteiger charge is 2.38. The van der Waals surface area contributed by atoms with Crippen LogP contribution in [0.2, 0.25) is 0 Å². The standard InChI is InChI=1S/C31H27FN2O3/c1-22-20-29(27-14-8-9-15-28(27)33(22)31(36)23-16-18-24(32)19-17-23)34(25-10-4-2-5-11-25)30(35)21-37-26-12-6-3-7-13-26/h2-19,22,29H,20-21H2,1H3/t22-,29+/m0/s1. The quantitative estimate of drug-likeness (QED) is 0.311. The molecular formula is C31H27FN2O3. The van der Waals surface area contributed by atoms with E-state index in [9.17, 15) is 14.0 Å². The van der Waals surface area contributed by atoms with Gasteiger partial charge in [-0.15, -0.1) is 0 Å². The molecule has 4 aromatic carbocycles. The first-order valence-electron chi connectivity index (χ1n) is 12.3. The molecule has 0 fully saturated rings. The van der Waals surface area contributed by atoms with E-state index in [0.29, 0.717) is 17.7 Å². The zero-order valence-electron chi connectivity index (χ0n) is 20.5. The molecule has 1 heterocycles. The summed E-state index contributed by atoms with van der Waals surface area (Å²) in [4.78, 5) is 30.7. The summed E-state index contributed by atoms with van der Waals surface area (Å²) >= 11 is 0. The number of ether oxygens (including phenoxy) is 1. The molecule has 0 unspecified atom stereocenters. The number of para-hydroxylation sites is 3. The Morgan fingerprint density at radius 3 is 2.19 bits per heavy atom. The fourth-order valence-electron chi connectivity index (χ4n) is 4.88. The van der Waals surface area contributed by atoms with Crippen molar-refractivity contribution in [2.75, 3.05) is 16.4 Å². The van der Waals surface area contributed by atoms with E-state index in [0.717, 1.165) is 16.9 Å². The molecule has 186 valence electrons. The predicted molar refractivity (Wildman–Crippen MR) is 142 cm³/mol. The monoisotopic (exact) mass is 494 g/mol. The Kier molecular flexibility index (Phi) is 6.99. The normalized spacial score (nSPS) is 16.5. The number of anilines is 2. The second-order valence-electron chi connectivity index (χ2n) is 9.04. The zero-order valence-corrected chi connectivity index (χ0v) is 20.5. The van der Waals surface area contributed by atoms with Crippen molar-refractivity contribution in [2.45, 2.75) is 25.4 Å². The summed E-state index contributed by atoms with van der Waals surface area (Å²) in [6, 6.07) is 31.5. The number of amides is 2. The van der Waals surface area contributed by atoms with Gasteiger partial charge in [-0.05, 0) is 73.5 Å². The highest BCUT2D eigenvalue weighted by Crippen LogP contribution is 2.42. The van der Waals surface area contributed by atoms with Gasteiger partial charge in [0.15, 0.2) is 6.61 Å². The Bertz CT molecular complexity index is 1380. The van der Waals surface area contributed by atoms with Crippen LogP contribution in [0.5, 0.6) is 5.75 Å². The fourth-order valence-corrected chi connectivity index (χ4v) is 4.88. The molecule has 0 bridgehead atoms. The Morgan fingerprint density at radius 1 is 0.865 bits per heavy atom. The maximum Gasteiger partial charge on any atom is 0.265 e. The number of benzene rings is 4. The van der Waals surface area contributed by atoms with Gasteiger partial charge in [0.05, 0.1) is 6.04 Å². The molecule has 1 aliphatic rings. The van der Waals surface area contributed by atoms with Gasteiger partial charge < -0.3 is 14.5 Å². The van der Waals surface area contributed by atoms with Crippen LogP contribution in [0.15, 0.2) is 109 Å². The van der Waals surface area contributed by atoms with E-state index in [1.54, 1.807) is 9.80 Å². The third-order valence-electron chi connectivity index (χ3n) is 6.59. The van der Waals surface area contributed by atoms with Crippen LogP contribution >= 0.6 is 0 Å². The average molecular weight is 495 g/mol. The van der Waals surface area contributed by atoms with Gasteiger partial charge >= 0.3 is 0 Å². The van der Waals surface area contributed by atoms with Gasteiger partial charge in [0, 0.05) is 23.0 Å². The van der Waals surface area contributed by atoms with E-state index in [4.69, 9.17) is 4.74 Å². The molecule has 5 rings (SSSR count). The van der Waals surface area contributed by atoms with E-state index in [2.05, 4.69) is 0 Å². The Labute approximate surface area is 215 Å². The minimum Gasteiger partial charge on any atom is -0.484 e. The van der Waals surface area contributed by atoms with Crippen molar-refractivity contribution in [3.63, 3.8) is 0 Å². The van der Waals surface area contributed by atoms with Gasteiger partial charge in [0.25, 0.3) is 11.8 Å². The van der Waals surface area contributed by atoms with Crippen molar-refractivity contribution in [2.24, 2.45) is 0 Å². The van der Waals surface area contributed by atoms with E-state index < -0.39 is 5.82 Å². The molecule has 6 heteroatoms. The van der Waals surface area contributed by atoms with Crippen molar-refractivity contribution >= 4 is 23.2 Å². The van der Waals surface area contributed by atoms with Gasteiger partial charge in [-0.25, -0.2) is 4.39 Å². The topological polar surface area (TPSA) is 49.9 Å². The maximum atomic E-state index is 13.7. The molecule has 0 saturated heterocycles. The van der Waals surface area contributed by atoms with Crippen LogP contribution in [0.4, 0.5) is 15.8 Å². The molecule has 0 spiro atoms. The zero-order chi connectivity index (χ0) is 25.8. The molecule has 0 aromatic heterocycles. The lowest BCUT2D eigenvalue weighted by molar-refractivity contribution is -0.121. The van der Waals surface area contributed by atoms with Crippen molar-refractivity contribution < 1.29 is 18.7 Å². The highest BCUT2D eigenvalue weighted by atomic mass is 19.1. The highest BCUT2D eigenvalue weighted by molar-refractivity contribution is 6.07. The summed E-state index contributed by atoms with van der Waals surface area (Å²) in [6.45, 7) is 1.85. The van der Waals surface area contributed by atoms with Gasteiger partial charge in [-0.3, -0.25) is 9.59 Å². The third-order valence-corrected chi connectivity index (χ3v) is 6.59. The molecule has 5 nitrogen and oxygen atoms in total. The number of carbonyl (C=O) groups is 2. The van der Waals surface area contributed by atoms with Crippen molar-refractivity contribution in [1.29, 1.82) is 0 Å². The summed E-state index contributed by atoms with van der Waals surface area (Å²) in [7, 11) is 0. The molecule has 4 aromatic rings. The smallest absolute Gasteiger partial charge is 0.265 e. The van der Waals surface area contributed by atoms with Crippen molar-refractivity contribution in [3.8, 4) is 5.75 Å². The second-order valence-corrected chi connectivity index (χ2v) is 9.04. The molecule has 1 aliphatic heterocycles. The summed E-state index contributed by atoms with van der Waals surface area (Å²) < 4.78 is 19.3.